The minimum Gasteiger partial charge on any atom is -0.340 e. The fraction of sp³-hybridized carbons (Fsp3) is 0.300. The van der Waals surface area contributed by atoms with Crippen molar-refractivity contribution in [3.05, 3.63) is 70.4 Å². The number of aromatic nitrogens is 2. The molecule has 0 aliphatic heterocycles. The Hall–Kier alpha value is -2.89. The summed E-state index contributed by atoms with van der Waals surface area (Å²) in [7, 11) is 1.68. The van der Waals surface area contributed by atoms with Crippen molar-refractivity contribution in [1.82, 2.24) is 14.0 Å². The van der Waals surface area contributed by atoms with Crippen LogP contribution in [0.1, 0.15) is 18.9 Å². The Morgan fingerprint density at radius 2 is 1.65 bits per heavy atom. The molecule has 1 heterocycles. The predicted molar refractivity (Wildman–Crippen MR) is 99.4 cm³/mol. The summed E-state index contributed by atoms with van der Waals surface area (Å²) in [5, 5.41) is 0. The first kappa shape index (κ1) is 17.9. The molecule has 0 unspecified atom stereocenters. The maximum atomic E-state index is 13.0. The second-order valence-corrected chi connectivity index (χ2v) is 6.39. The van der Waals surface area contributed by atoms with Crippen molar-refractivity contribution in [2.75, 3.05) is 7.05 Å². The van der Waals surface area contributed by atoms with E-state index in [1.807, 2.05) is 31.2 Å². The lowest BCUT2D eigenvalue weighted by Crippen LogP contribution is -2.34. The van der Waals surface area contributed by atoms with Crippen molar-refractivity contribution in [2.24, 2.45) is 0 Å². The van der Waals surface area contributed by atoms with E-state index in [0.29, 0.717) is 13.1 Å². The number of imidazole rings is 1. The highest BCUT2D eigenvalue weighted by molar-refractivity contribution is 5.80. The minimum atomic E-state index is -0.307. The number of hydrogen-bond donors (Lipinski definition) is 0. The molecule has 0 aliphatic carbocycles. The third-order valence-corrected chi connectivity index (χ3v) is 4.42. The Balaban J connectivity index is 1.84. The summed E-state index contributed by atoms with van der Waals surface area (Å²) in [5.74, 6) is -0.478. The molecular weight excluding hydrogens is 333 g/mol. The molecule has 136 valence electrons. The smallest absolute Gasteiger partial charge is 0.329 e. The molecule has 0 atom stereocenters. The zero-order chi connectivity index (χ0) is 18.7. The van der Waals surface area contributed by atoms with Crippen molar-refractivity contribution >= 4 is 16.9 Å². The standard InChI is InChI=1S/C20H22FN3O2/c1-3-12-23-17-6-4-5-7-18(17)24(20(23)26)14-19(25)22(2)13-15-8-10-16(21)11-9-15/h4-11H,3,12-14H2,1-2H3. The maximum absolute atomic E-state index is 13.0. The van der Waals surface area contributed by atoms with Crippen LogP contribution in [0, 0.1) is 5.82 Å². The minimum absolute atomic E-state index is 0.0201. The molecule has 1 amide bonds. The molecule has 0 N–H and O–H groups in total. The summed E-state index contributed by atoms with van der Waals surface area (Å²) in [6.45, 7) is 2.97. The SMILES string of the molecule is CCCn1c(=O)n(CC(=O)N(C)Cc2ccc(F)cc2)c2ccccc21. The molecular formula is C20H22FN3O2. The molecule has 3 aromatic rings. The number of nitrogens with zero attached hydrogens (tertiary/aromatic N) is 3. The molecule has 0 bridgehead atoms. The van der Waals surface area contributed by atoms with Gasteiger partial charge in [-0.1, -0.05) is 31.2 Å². The molecule has 0 radical (unpaired) electrons. The lowest BCUT2D eigenvalue weighted by Gasteiger charge is -2.17. The highest BCUT2D eigenvalue weighted by Gasteiger charge is 2.17. The van der Waals surface area contributed by atoms with Gasteiger partial charge in [-0.15, -0.1) is 0 Å². The van der Waals surface area contributed by atoms with Gasteiger partial charge in [-0.2, -0.15) is 0 Å². The van der Waals surface area contributed by atoms with Crippen LogP contribution in [0.3, 0.4) is 0 Å². The van der Waals surface area contributed by atoms with Crippen LogP contribution < -0.4 is 5.69 Å². The Morgan fingerprint density at radius 3 is 2.27 bits per heavy atom. The fourth-order valence-corrected chi connectivity index (χ4v) is 3.07. The summed E-state index contributed by atoms with van der Waals surface area (Å²) >= 11 is 0. The normalized spacial score (nSPS) is 11.0. The van der Waals surface area contributed by atoms with E-state index in [2.05, 4.69) is 0 Å². The van der Waals surface area contributed by atoms with Gasteiger partial charge in [-0.3, -0.25) is 13.9 Å². The number of carbonyl (C=O) groups is 1. The first-order chi connectivity index (χ1) is 12.5. The second kappa shape index (κ2) is 7.56. The Morgan fingerprint density at radius 1 is 1.04 bits per heavy atom. The van der Waals surface area contributed by atoms with Crippen LogP contribution in [0.15, 0.2) is 53.3 Å². The number of amides is 1. The molecule has 0 fully saturated rings. The van der Waals surface area contributed by atoms with Crippen LogP contribution in [-0.4, -0.2) is 27.0 Å². The molecule has 0 saturated carbocycles. The molecule has 3 rings (SSSR count). The molecule has 0 aliphatic rings. The summed E-state index contributed by atoms with van der Waals surface area (Å²) in [5.41, 5.74) is 2.27. The monoisotopic (exact) mass is 355 g/mol. The van der Waals surface area contributed by atoms with Crippen LogP contribution in [0.2, 0.25) is 0 Å². The Bertz CT molecular complexity index is 973. The highest BCUT2D eigenvalue weighted by Crippen LogP contribution is 2.14. The molecule has 1 aromatic heterocycles. The maximum Gasteiger partial charge on any atom is 0.329 e. The van der Waals surface area contributed by atoms with E-state index in [4.69, 9.17) is 0 Å². The zero-order valence-corrected chi connectivity index (χ0v) is 15.0. The van der Waals surface area contributed by atoms with Crippen molar-refractivity contribution in [2.45, 2.75) is 33.0 Å². The van der Waals surface area contributed by atoms with E-state index in [1.165, 1.54) is 16.7 Å². The number of rotatable bonds is 6. The van der Waals surface area contributed by atoms with Crippen molar-refractivity contribution in [1.29, 1.82) is 0 Å². The third kappa shape index (κ3) is 3.54. The number of hydrogen-bond acceptors (Lipinski definition) is 2. The van der Waals surface area contributed by atoms with Gasteiger partial charge in [0.2, 0.25) is 5.91 Å². The van der Waals surface area contributed by atoms with Gasteiger partial charge in [0.1, 0.15) is 12.4 Å². The number of para-hydroxylation sites is 2. The second-order valence-electron chi connectivity index (χ2n) is 6.39. The molecule has 0 saturated heterocycles. The van der Waals surface area contributed by atoms with Gasteiger partial charge < -0.3 is 4.90 Å². The van der Waals surface area contributed by atoms with Gasteiger partial charge in [0.25, 0.3) is 0 Å². The molecule has 5 nitrogen and oxygen atoms in total. The lowest BCUT2D eigenvalue weighted by molar-refractivity contribution is -0.131. The summed E-state index contributed by atoms with van der Waals surface area (Å²) in [6.07, 6.45) is 0.840. The topological polar surface area (TPSA) is 47.2 Å². The summed E-state index contributed by atoms with van der Waals surface area (Å²) in [4.78, 5) is 26.9. The van der Waals surface area contributed by atoms with E-state index in [-0.39, 0.29) is 24.0 Å². The van der Waals surface area contributed by atoms with Crippen LogP contribution in [-0.2, 0) is 24.4 Å². The number of benzene rings is 2. The summed E-state index contributed by atoms with van der Waals surface area (Å²) in [6, 6.07) is 13.6. The van der Waals surface area contributed by atoms with Crippen LogP contribution >= 0.6 is 0 Å². The third-order valence-electron chi connectivity index (χ3n) is 4.42. The van der Waals surface area contributed by atoms with Gasteiger partial charge in [-0.25, -0.2) is 9.18 Å². The zero-order valence-electron chi connectivity index (χ0n) is 15.0. The molecule has 6 heteroatoms. The number of likely N-dealkylation sites (N-methyl/N-ethyl adjacent to an activating group) is 1. The number of aryl methyl sites for hydroxylation is 1. The number of carbonyl (C=O) groups excluding carboxylic acids is 1. The number of fused-ring (bicyclic) bond motifs is 1. The molecule has 2 aromatic carbocycles. The van der Waals surface area contributed by atoms with E-state index in [9.17, 15) is 14.0 Å². The van der Waals surface area contributed by atoms with Crippen molar-refractivity contribution in [3.63, 3.8) is 0 Å². The average Bonchev–Trinajstić information content (AvgIpc) is 2.90. The largest absolute Gasteiger partial charge is 0.340 e. The van der Waals surface area contributed by atoms with Gasteiger partial charge in [0.15, 0.2) is 0 Å². The lowest BCUT2D eigenvalue weighted by atomic mass is 10.2. The van der Waals surface area contributed by atoms with E-state index >= 15 is 0 Å². The van der Waals surface area contributed by atoms with Gasteiger partial charge in [-0.05, 0) is 36.2 Å². The number of halogens is 1. The van der Waals surface area contributed by atoms with Crippen molar-refractivity contribution in [3.8, 4) is 0 Å². The van der Waals surface area contributed by atoms with E-state index in [1.54, 1.807) is 28.6 Å². The first-order valence-electron chi connectivity index (χ1n) is 8.67. The summed E-state index contributed by atoms with van der Waals surface area (Å²) < 4.78 is 16.2. The average molecular weight is 355 g/mol. The van der Waals surface area contributed by atoms with Gasteiger partial charge in [0, 0.05) is 20.1 Å². The van der Waals surface area contributed by atoms with Crippen LogP contribution in [0.4, 0.5) is 4.39 Å². The van der Waals surface area contributed by atoms with Crippen LogP contribution in [0.25, 0.3) is 11.0 Å². The Labute approximate surface area is 151 Å². The Kier molecular flexibility index (Phi) is 5.21. The fourth-order valence-electron chi connectivity index (χ4n) is 3.07. The highest BCUT2D eigenvalue weighted by atomic mass is 19.1. The van der Waals surface area contributed by atoms with Crippen LogP contribution in [0.5, 0.6) is 0 Å². The quantitative estimate of drug-likeness (QED) is 0.682. The van der Waals surface area contributed by atoms with E-state index in [0.717, 1.165) is 23.0 Å². The first-order valence-corrected chi connectivity index (χ1v) is 8.67. The van der Waals surface area contributed by atoms with Gasteiger partial charge >= 0.3 is 5.69 Å². The molecule has 26 heavy (non-hydrogen) atoms. The molecule has 0 spiro atoms. The predicted octanol–water partition coefficient (Wildman–Crippen LogP) is 3.01. The van der Waals surface area contributed by atoms with E-state index < -0.39 is 0 Å². The van der Waals surface area contributed by atoms with Crippen molar-refractivity contribution < 1.29 is 9.18 Å². The van der Waals surface area contributed by atoms with Gasteiger partial charge in [0.05, 0.1) is 11.0 Å².